The van der Waals surface area contributed by atoms with Crippen LogP contribution in [-0.4, -0.2) is 36.6 Å². The van der Waals surface area contributed by atoms with Crippen molar-refractivity contribution in [2.75, 3.05) is 25.6 Å². The van der Waals surface area contributed by atoms with Gasteiger partial charge in [-0.25, -0.2) is 0 Å². The zero-order valence-electron chi connectivity index (χ0n) is 9.14. The van der Waals surface area contributed by atoms with E-state index in [1.165, 1.54) is 4.90 Å². The van der Waals surface area contributed by atoms with Gasteiger partial charge in [0.25, 0.3) is 5.91 Å². The van der Waals surface area contributed by atoms with E-state index in [0.29, 0.717) is 11.7 Å². The van der Waals surface area contributed by atoms with E-state index in [1.807, 2.05) is 31.3 Å². The molecule has 1 amide bonds. The Labute approximate surface area is 99.4 Å². The molecular formula is C11H12N2O2S. The highest BCUT2D eigenvalue weighted by Gasteiger charge is 2.31. The van der Waals surface area contributed by atoms with Crippen molar-refractivity contribution in [1.82, 2.24) is 4.90 Å². The maximum Gasteiger partial charge on any atom is 0.252 e. The minimum atomic E-state index is -0.00216. The number of nitrogens with zero attached hydrogens (tertiary/aromatic N) is 2. The van der Waals surface area contributed by atoms with Gasteiger partial charge in [0.05, 0.1) is 19.3 Å². The summed E-state index contributed by atoms with van der Waals surface area (Å²) in [6.07, 6.45) is 0. The Kier molecular flexibility index (Phi) is 2.78. The molecule has 0 radical (unpaired) electrons. The van der Waals surface area contributed by atoms with Crippen molar-refractivity contribution in [2.24, 2.45) is 0 Å². The van der Waals surface area contributed by atoms with Crippen molar-refractivity contribution in [3.8, 4) is 5.75 Å². The predicted octanol–water partition coefficient (Wildman–Crippen LogP) is 1.26. The van der Waals surface area contributed by atoms with Crippen molar-refractivity contribution < 1.29 is 9.53 Å². The van der Waals surface area contributed by atoms with Gasteiger partial charge in [-0.3, -0.25) is 9.69 Å². The molecule has 1 heterocycles. The van der Waals surface area contributed by atoms with Crippen LogP contribution in [0.3, 0.4) is 0 Å². The normalized spacial score (nSPS) is 15.9. The maximum absolute atomic E-state index is 11.7. The standard InChI is InChI=1S/C11H12N2O2S/c1-12-7-10(14)13(11(12)16)8-3-5-9(15-2)6-4-8/h3-6H,7H2,1-2H3. The number of hydrogen-bond acceptors (Lipinski definition) is 3. The van der Waals surface area contributed by atoms with Crippen LogP contribution in [0, 0.1) is 0 Å². The van der Waals surface area contributed by atoms with Crippen LogP contribution in [0.4, 0.5) is 5.69 Å². The van der Waals surface area contributed by atoms with E-state index in [0.717, 1.165) is 11.4 Å². The Morgan fingerprint density at radius 1 is 1.31 bits per heavy atom. The van der Waals surface area contributed by atoms with Crippen molar-refractivity contribution in [3.63, 3.8) is 0 Å². The first-order valence-electron chi connectivity index (χ1n) is 4.85. The Balaban J connectivity index is 2.30. The summed E-state index contributed by atoms with van der Waals surface area (Å²) in [5, 5.41) is 0.537. The van der Waals surface area contributed by atoms with E-state index in [2.05, 4.69) is 0 Å². The SMILES string of the molecule is COc1ccc(N2C(=O)CN(C)C2=S)cc1. The van der Waals surface area contributed by atoms with Gasteiger partial charge < -0.3 is 9.64 Å². The molecule has 1 aliphatic rings. The molecule has 16 heavy (non-hydrogen) atoms. The number of rotatable bonds is 2. The molecule has 2 rings (SSSR count). The van der Waals surface area contributed by atoms with Gasteiger partial charge in [-0.1, -0.05) is 0 Å². The lowest BCUT2D eigenvalue weighted by molar-refractivity contribution is -0.116. The molecule has 1 aliphatic heterocycles. The van der Waals surface area contributed by atoms with E-state index in [-0.39, 0.29) is 5.91 Å². The molecule has 4 nitrogen and oxygen atoms in total. The van der Waals surface area contributed by atoms with Gasteiger partial charge in [-0.15, -0.1) is 0 Å². The first-order valence-corrected chi connectivity index (χ1v) is 5.26. The fourth-order valence-corrected chi connectivity index (χ4v) is 1.88. The largest absolute Gasteiger partial charge is 0.497 e. The van der Waals surface area contributed by atoms with Gasteiger partial charge in [0.1, 0.15) is 5.75 Å². The van der Waals surface area contributed by atoms with Crippen LogP contribution in [0.5, 0.6) is 5.75 Å². The molecule has 0 N–H and O–H groups in total. The van der Waals surface area contributed by atoms with Crippen molar-refractivity contribution in [2.45, 2.75) is 0 Å². The van der Waals surface area contributed by atoms with Gasteiger partial charge in [-0.2, -0.15) is 0 Å². The summed E-state index contributed by atoms with van der Waals surface area (Å²) in [5.41, 5.74) is 0.778. The summed E-state index contributed by atoms with van der Waals surface area (Å²) < 4.78 is 5.06. The van der Waals surface area contributed by atoms with Crippen LogP contribution in [0.15, 0.2) is 24.3 Å². The van der Waals surface area contributed by atoms with Crippen LogP contribution >= 0.6 is 12.2 Å². The Bertz CT molecular complexity index is 430. The molecule has 0 aliphatic carbocycles. The van der Waals surface area contributed by atoms with Crippen LogP contribution < -0.4 is 9.64 Å². The number of benzene rings is 1. The quantitative estimate of drug-likeness (QED) is 0.724. The average Bonchev–Trinajstić information content (AvgIpc) is 2.54. The number of carbonyl (C=O) groups is 1. The minimum absolute atomic E-state index is 0.00216. The molecule has 1 aromatic carbocycles. The second kappa shape index (κ2) is 4.09. The molecular weight excluding hydrogens is 224 g/mol. The molecule has 0 spiro atoms. The Morgan fingerprint density at radius 2 is 1.94 bits per heavy atom. The number of ether oxygens (including phenoxy) is 1. The number of likely N-dealkylation sites (N-methyl/N-ethyl adjacent to an activating group) is 1. The highest BCUT2D eigenvalue weighted by molar-refractivity contribution is 7.80. The molecule has 1 saturated heterocycles. The highest BCUT2D eigenvalue weighted by Crippen LogP contribution is 2.23. The van der Waals surface area contributed by atoms with Crippen molar-refractivity contribution in [1.29, 1.82) is 0 Å². The maximum atomic E-state index is 11.7. The number of anilines is 1. The van der Waals surface area contributed by atoms with E-state index in [9.17, 15) is 4.79 Å². The molecule has 1 fully saturated rings. The number of amides is 1. The van der Waals surface area contributed by atoms with Gasteiger partial charge in [0, 0.05) is 7.05 Å². The smallest absolute Gasteiger partial charge is 0.252 e. The third-order valence-electron chi connectivity index (χ3n) is 2.47. The lowest BCUT2D eigenvalue weighted by Crippen LogP contribution is -2.31. The summed E-state index contributed by atoms with van der Waals surface area (Å²) in [6.45, 7) is 0.338. The lowest BCUT2D eigenvalue weighted by Gasteiger charge is -2.17. The van der Waals surface area contributed by atoms with E-state index in [4.69, 9.17) is 17.0 Å². The number of thiocarbonyl (C=S) groups is 1. The average molecular weight is 236 g/mol. The molecule has 0 bridgehead atoms. The molecule has 0 saturated carbocycles. The number of methoxy groups -OCH3 is 1. The van der Waals surface area contributed by atoms with Crippen LogP contribution in [0.1, 0.15) is 0 Å². The molecule has 1 aromatic rings. The minimum Gasteiger partial charge on any atom is -0.497 e. The molecule has 5 heteroatoms. The van der Waals surface area contributed by atoms with Crippen molar-refractivity contribution in [3.05, 3.63) is 24.3 Å². The fourth-order valence-electron chi connectivity index (χ4n) is 1.60. The number of hydrogen-bond donors (Lipinski definition) is 0. The van der Waals surface area contributed by atoms with Gasteiger partial charge >= 0.3 is 0 Å². The zero-order chi connectivity index (χ0) is 11.7. The zero-order valence-corrected chi connectivity index (χ0v) is 9.95. The molecule has 84 valence electrons. The van der Waals surface area contributed by atoms with Crippen LogP contribution in [-0.2, 0) is 4.79 Å². The first-order chi connectivity index (χ1) is 7.63. The van der Waals surface area contributed by atoms with E-state index in [1.54, 1.807) is 12.0 Å². The highest BCUT2D eigenvalue weighted by atomic mass is 32.1. The topological polar surface area (TPSA) is 32.8 Å². The van der Waals surface area contributed by atoms with Gasteiger partial charge in [-0.05, 0) is 36.5 Å². The molecule has 0 unspecified atom stereocenters. The summed E-state index contributed by atoms with van der Waals surface area (Å²) in [5.74, 6) is 0.757. The Hall–Kier alpha value is -1.62. The monoisotopic (exact) mass is 236 g/mol. The second-order valence-electron chi connectivity index (χ2n) is 3.57. The van der Waals surface area contributed by atoms with Crippen molar-refractivity contribution >= 4 is 28.9 Å². The fraction of sp³-hybridized carbons (Fsp3) is 0.273. The summed E-state index contributed by atoms with van der Waals surface area (Å²) >= 11 is 5.18. The summed E-state index contributed by atoms with van der Waals surface area (Å²) in [7, 11) is 3.41. The first kappa shape index (κ1) is 10.9. The summed E-state index contributed by atoms with van der Waals surface area (Å²) in [6, 6.07) is 7.26. The third-order valence-corrected chi connectivity index (χ3v) is 2.96. The van der Waals surface area contributed by atoms with E-state index < -0.39 is 0 Å². The lowest BCUT2D eigenvalue weighted by atomic mass is 10.3. The third kappa shape index (κ3) is 1.74. The number of carbonyl (C=O) groups excluding carboxylic acids is 1. The van der Waals surface area contributed by atoms with Gasteiger partial charge in [0.2, 0.25) is 0 Å². The van der Waals surface area contributed by atoms with Crippen LogP contribution in [0.2, 0.25) is 0 Å². The van der Waals surface area contributed by atoms with Crippen LogP contribution in [0.25, 0.3) is 0 Å². The van der Waals surface area contributed by atoms with E-state index >= 15 is 0 Å². The van der Waals surface area contributed by atoms with Gasteiger partial charge in [0.15, 0.2) is 5.11 Å². The summed E-state index contributed by atoms with van der Waals surface area (Å²) in [4.78, 5) is 15.0. The second-order valence-corrected chi connectivity index (χ2v) is 3.93. The molecule has 0 atom stereocenters. The molecule has 0 aromatic heterocycles. The predicted molar refractivity (Wildman–Crippen MR) is 65.7 cm³/mol. The Morgan fingerprint density at radius 3 is 2.38 bits per heavy atom.